The highest BCUT2D eigenvalue weighted by Gasteiger charge is 2.47. The van der Waals surface area contributed by atoms with Gasteiger partial charge in [-0.2, -0.15) is 0 Å². The molecule has 2 unspecified atom stereocenters. The molecule has 2 aliphatic rings. The summed E-state index contributed by atoms with van der Waals surface area (Å²) in [6.45, 7) is 3.70. The van der Waals surface area contributed by atoms with E-state index in [1.165, 1.54) is 4.90 Å². The van der Waals surface area contributed by atoms with E-state index in [2.05, 4.69) is 22.9 Å². The molecule has 174 valence electrons. The molecule has 7 heteroatoms. The fourth-order valence-corrected chi connectivity index (χ4v) is 4.53. The lowest BCUT2D eigenvalue weighted by Gasteiger charge is -2.27. The molecule has 2 aromatic carbocycles. The van der Waals surface area contributed by atoms with Crippen molar-refractivity contribution in [3.63, 3.8) is 0 Å². The van der Waals surface area contributed by atoms with Gasteiger partial charge in [0.05, 0.1) is 24.3 Å². The third-order valence-electron chi connectivity index (χ3n) is 6.04. The van der Waals surface area contributed by atoms with Gasteiger partial charge in [0.25, 0.3) is 11.7 Å². The number of aliphatic hydroxyl groups excluding tert-OH is 1. The van der Waals surface area contributed by atoms with Crippen molar-refractivity contribution in [2.45, 2.75) is 44.8 Å². The summed E-state index contributed by atoms with van der Waals surface area (Å²) in [6, 6.07) is 13.7. The second-order valence-electron chi connectivity index (χ2n) is 8.36. The monoisotopic (exact) mass is 513 g/mol. The number of hydrogen-bond acceptors (Lipinski definition) is 5. The zero-order valence-corrected chi connectivity index (χ0v) is 20.2. The van der Waals surface area contributed by atoms with Gasteiger partial charge in [-0.25, -0.2) is 0 Å². The maximum atomic E-state index is 13.1. The largest absolute Gasteiger partial charge is 0.507 e. The third kappa shape index (κ3) is 5.14. The van der Waals surface area contributed by atoms with Crippen molar-refractivity contribution in [3.8, 4) is 5.75 Å². The normalized spacial score (nSPS) is 22.2. The Labute approximate surface area is 202 Å². The van der Waals surface area contributed by atoms with Gasteiger partial charge in [0, 0.05) is 23.2 Å². The molecule has 2 atom stereocenters. The van der Waals surface area contributed by atoms with Gasteiger partial charge in [0.2, 0.25) is 0 Å². The molecule has 1 amide bonds. The Kier molecular flexibility index (Phi) is 7.50. The van der Waals surface area contributed by atoms with E-state index in [0.717, 1.165) is 41.5 Å². The summed E-state index contributed by atoms with van der Waals surface area (Å²) in [5.74, 6) is -0.737. The number of carbonyl (C=O) groups excluding carboxylic acids is 2. The maximum Gasteiger partial charge on any atom is 0.295 e. The predicted octanol–water partition coefficient (Wildman–Crippen LogP) is 5.23. The van der Waals surface area contributed by atoms with E-state index < -0.39 is 17.7 Å². The van der Waals surface area contributed by atoms with Crippen LogP contribution < -0.4 is 4.74 Å². The molecule has 0 aliphatic carbocycles. The van der Waals surface area contributed by atoms with Crippen LogP contribution in [0.4, 0.5) is 0 Å². The van der Waals surface area contributed by atoms with Crippen molar-refractivity contribution in [1.82, 2.24) is 4.90 Å². The third-order valence-corrected chi connectivity index (χ3v) is 6.57. The Morgan fingerprint density at radius 1 is 1.15 bits per heavy atom. The van der Waals surface area contributed by atoms with Gasteiger partial charge < -0.3 is 19.5 Å². The lowest BCUT2D eigenvalue weighted by atomic mass is 9.95. The van der Waals surface area contributed by atoms with Crippen LogP contribution in [0.5, 0.6) is 5.75 Å². The summed E-state index contributed by atoms with van der Waals surface area (Å²) in [4.78, 5) is 27.7. The predicted molar refractivity (Wildman–Crippen MR) is 129 cm³/mol. The van der Waals surface area contributed by atoms with Gasteiger partial charge in [0.15, 0.2) is 0 Å². The number of aliphatic hydroxyl groups is 1. The van der Waals surface area contributed by atoms with Gasteiger partial charge in [-0.05, 0) is 49.1 Å². The number of halogens is 1. The molecule has 2 aliphatic heterocycles. The zero-order chi connectivity index (χ0) is 23.4. The zero-order valence-electron chi connectivity index (χ0n) is 18.6. The van der Waals surface area contributed by atoms with E-state index in [1.807, 2.05) is 24.3 Å². The van der Waals surface area contributed by atoms with Gasteiger partial charge in [-0.3, -0.25) is 9.59 Å². The lowest BCUT2D eigenvalue weighted by molar-refractivity contribution is -0.140. The van der Waals surface area contributed by atoms with Crippen LogP contribution in [0.1, 0.15) is 49.8 Å². The Bertz CT molecular complexity index is 1030. The van der Waals surface area contributed by atoms with E-state index in [9.17, 15) is 14.7 Å². The van der Waals surface area contributed by atoms with Gasteiger partial charge in [-0.1, -0.05) is 53.5 Å². The SMILES string of the molecule is CCCCOc1ccc(C2C(=C(O)c3ccc(Br)cc3)C(=O)C(=O)N2CC2CCCO2)cc1. The molecule has 4 rings (SSSR count). The van der Waals surface area contributed by atoms with Crippen molar-refractivity contribution in [3.05, 3.63) is 69.7 Å². The molecule has 2 saturated heterocycles. The molecule has 2 heterocycles. The van der Waals surface area contributed by atoms with Crippen LogP contribution in [0.3, 0.4) is 0 Å². The van der Waals surface area contributed by atoms with Gasteiger partial charge in [-0.15, -0.1) is 0 Å². The summed E-state index contributed by atoms with van der Waals surface area (Å²) in [5.41, 5.74) is 1.33. The summed E-state index contributed by atoms with van der Waals surface area (Å²) in [7, 11) is 0. The topological polar surface area (TPSA) is 76.1 Å². The number of hydrogen-bond donors (Lipinski definition) is 1. The first-order valence-electron chi connectivity index (χ1n) is 11.4. The minimum Gasteiger partial charge on any atom is -0.507 e. The van der Waals surface area contributed by atoms with Crippen LogP contribution in [0, 0.1) is 0 Å². The highest BCUT2D eigenvalue weighted by molar-refractivity contribution is 9.10. The van der Waals surface area contributed by atoms with Gasteiger partial charge in [0.1, 0.15) is 11.5 Å². The molecule has 1 N–H and O–H groups in total. The van der Waals surface area contributed by atoms with Crippen LogP contribution in [-0.2, 0) is 14.3 Å². The first kappa shape index (κ1) is 23.5. The Hall–Kier alpha value is -2.64. The fraction of sp³-hybridized carbons (Fsp3) is 0.385. The molecule has 0 aromatic heterocycles. The number of ketones is 1. The van der Waals surface area contributed by atoms with E-state index in [4.69, 9.17) is 9.47 Å². The number of nitrogens with zero attached hydrogens (tertiary/aromatic N) is 1. The number of Topliss-reactive ketones (excluding diaryl/α,β-unsaturated/α-hetero) is 1. The minimum atomic E-state index is -0.692. The number of likely N-dealkylation sites (tertiary alicyclic amines) is 1. The molecule has 2 fully saturated rings. The molecule has 0 radical (unpaired) electrons. The number of ether oxygens (including phenoxy) is 2. The molecule has 0 saturated carbocycles. The average Bonchev–Trinajstić information content (AvgIpc) is 3.42. The molecule has 33 heavy (non-hydrogen) atoms. The second-order valence-corrected chi connectivity index (χ2v) is 9.28. The Balaban J connectivity index is 1.72. The lowest BCUT2D eigenvalue weighted by Crippen LogP contribution is -2.36. The molecule has 0 bridgehead atoms. The van der Waals surface area contributed by atoms with E-state index in [-0.39, 0.29) is 17.4 Å². The summed E-state index contributed by atoms with van der Waals surface area (Å²) in [6.07, 6.45) is 3.67. The second kappa shape index (κ2) is 10.5. The van der Waals surface area contributed by atoms with Crippen molar-refractivity contribution in [2.24, 2.45) is 0 Å². The van der Waals surface area contributed by atoms with E-state index in [1.54, 1.807) is 24.3 Å². The molecule has 2 aromatic rings. The number of unbranched alkanes of at least 4 members (excludes halogenated alkanes) is 1. The smallest absolute Gasteiger partial charge is 0.295 e. The minimum absolute atomic E-state index is 0.0972. The van der Waals surface area contributed by atoms with Crippen LogP contribution in [-0.4, -0.2) is 47.6 Å². The Morgan fingerprint density at radius 2 is 1.88 bits per heavy atom. The fourth-order valence-electron chi connectivity index (χ4n) is 4.27. The quantitative estimate of drug-likeness (QED) is 0.226. The average molecular weight is 514 g/mol. The summed E-state index contributed by atoms with van der Waals surface area (Å²) in [5, 5.41) is 11.1. The molecule has 0 spiro atoms. The molecular weight excluding hydrogens is 486 g/mol. The van der Waals surface area contributed by atoms with Crippen LogP contribution in [0.2, 0.25) is 0 Å². The van der Waals surface area contributed by atoms with Crippen molar-refractivity contribution < 1.29 is 24.2 Å². The molecule has 6 nitrogen and oxygen atoms in total. The van der Waals surface area contributed by atoms with Crippen LogP contribution in [0.15, 0.2) is 58.6 Å². The first-order chi connectivity index (χ1) is 16.0. The van der Waals surface area contributed by atoms with Crippen molar-refractivity contribution >= 4 is 33.4 Å². The first-order valence-corrected chi connectivity index (χ1v) is 12.2. The maximum absolute atomic E-state index is 13.1. The Morgan fingerprint density at radius 3 is 2.52 bits per heavy atom. The number of carbonyl (C=O) groups is 2. The number of amides is 1. The molecular formula is C26H28BrNO5. The van der Waals surface area contributed by atoms with Crippen molar-refractivity contribution in [2.75, 3.05) is 19.8 Å². The van der Waals surface area contributed by atoms with Crippen LogP contribution >= 0.6 is 15.9 Å². The highest BCUT2D eigenvalue weighted by atomic mass is 79.9. The summed E-state index contributed by atoms with van der Waals surface area (Å²) >= 11 is 3.38. The van der Waals surface area contributed by atoms with E-state index >= 15 is 0 Å². The van der Waals surface area contributed by atoms with Crippen molar-refractivity contribution in [1.29, 1.82) is 0 Å². The number of benzene rings is 2. The van der Waals surface area contributed by atoms with Gasteiger partial charge >= 0.3 is 0 Å². The van der Waals surface area contributed by atoms with Crippen LogP contribution in [0.25, 0.3) is 5.76 Å². The van der Waals surface area contributed by atoms with E-state index in [0.29, 0.717) is 25.3 Å². The standard InChI is InChI=1S/C26H28BrNO5/c1-2-3-14-32-20-12-8-17(9-13-20)23-22(24(29)18-6-10-19(27)11-7-18)25(30)26(31)28(23)16-21-5-4-15-33-21/h6-13,21,23,29H,2-5,14-16H2,1H3. The highest BCUT2D eigenvalue weighted by Crippen LogP contribution is 2.40. The number of rotatable bonds is 8. The summed E-state index contributed by atoms with van der Waals surface area (Å²) < 4.78 is 12.4.